The number of nitrogens with one attached hydrogen (secondary N) is 1. The second-order valence-corrected chi connectivity index (χ2v) is 4.69. The molecule has 3 nitrogen and oxygen atoms in total. The molecule has 88 valence electrons. The standard InChI is InChI=1S/C12H23NO2/c1-10(9-14)13-12(15)8-7-11-5-3-2-4-6-11/h10-11,14H,2-9H2,1H3,(H,13,15)/t10-/m0/s1. The molecule has 1 amide bonds. The SMILES string of the molecule is C[C@@H](CO)NC(=O)CCC1CCCCC1. The summed E-state index contributed by atoms with van der Waals surface area (Å²) in [7, 11) is 0. The van der Waals surface area contributed by atoms with Crippen LogP contribution >= 0.6 is 0 Å². The molecule has 0 unspecified atom stereocenters. The van der Waals surface area contributed by atoms with E-state index in [9.17, 15) is 4.79 Å². The van der Waals surface area contributed by atoms with Gasteiger partial charge in [-0.25, -0.2) is 0 Å². The van der Waals surface area contributed by atoms with Gasteiger partial charge in [-0.1, -0.05) is 32.1 Å². The quantitative estimate of drug-likeness (QED) is 0.732. The first-order valence-corrected chi connectivity index (χ1v) is 6.12. The van der Waals surface area contributed by atoms with Gasteiger partial charge in [0.2, 0.25) is 5.91 Å². The highest BCUT2D eigenvalue weighted by atomic mass is 16.3. The third kappa shape index (κ3) is 5.17. The van der Waals surface area contributed by atoms with Crippen molar-refractivity contribution < 1.29 is 9.90 Å². The molecule has 0 radical (unpaired) electrons. The van der Waals surface area contributed by atoms with Crippen LogP contribution in [-0.4, -0.2) is 23.7 Å². The maximum absolute atomic E-state index is 11.4. The van der Waals surface area contributed by atoms with Gasteiger partial charge in [-0.2, -0.15) is 0 Å². The van der Waals surface area contributed by atoms with Gasteiger partial charge >= 0.3 is 0 Å². The lowest BCUT2D eigenvalue weighted by molar-refractivity contribution is -0.122. The Balaban J connectivity index is 2.10. The highest BCUT2D eigenvalue weighted by Gasteiger charge is 2.15. The molecule has 0 aromatic heterocycles. The fourth-order valence-corrected chi connectivity index (χ4v) is 2.20. The van der Waals surface area contributed by atoms with Crippen molar-refractivity contribution in [2.45, 2.75) is 57.9 Å². The minimum atomic E-state index is -0.108. The Hall–Kier alpha value is -0.570. The van der Waals surface area contributed by atoms with Gasteiger partial charge in [0.15, 0.2) is 0 Å². The first-order valence-electron chi connectivity index (χ1n) is 6.12. The van der Waals surface area contributed by atoms with Gasteiger partial charge < -0.3 is 10.4 Å². The van der Waals surface area contributed by atoms with Crippen LogP contribution in [0.3, 0.4) is 0 Å². The molecule has 1 aliphatic rings. The normalized spacial score (nSPS) is 19.9. The largest absolute Gasteiger partial charge is 0.394 e. The molecule has 1 atom stereocenters. The maximum Gasteiger partial charge on any atom is 0.220 e. The molecule has 1 rings (SSSR count). The lowest BCUT2D eigenvalue weighted by Gasteiger charge is -2.21. The molecule has 1 saturated carbocycles. The molecule has 2 N–H and O–H groups in total. The van der Waals surface area contributed by atoms with E-state index in [0.29, 0.717) is 6.42 Å². The van der Waals surface area contributed by atoms with E-state index < -0.39 is 0 Å². The van der Waals surface area contributed by atoms with Gasteiger partial charge in [0.25, 0.3) is 0 Å². The number of carbonyl (C=O) groups is 1. The van der Waals surface area contributed by atoms with Gasteiger partial charge in [0.1, 0.15) is 0 Å². The molecule has 1 fully saturated rings. The van der Waals surface area contributed by atoms with Crippen molar-refractivity contribution in [2.75, 3.05) is 6.61 Å². The molecule has 0 aliphatic heterocycles. The van der Waals surface area contributed by atoms with Crippen molar-refractivity contribution in [2.24, 2.45) is 5.92 Å². The van der Waals surface area contributed by atoms with Crippen molar-refractivity contribution in [3.63, 3.8) is 0 Å². The fraction of sp³-hybridized carbons (Fsp3) is 0.917. The average molecular weight is 213 g/mol. The number of aliphatic hydroxyl groups excluding tert-OH is 1. The number of hydrogen-bond donors (Lipinski definition) is 2. The van der Waals surface area contributed by atoms with E-state index >= 15 is 0 Å². The lowest BCUT2D eigenvalue weighted by Crippen LogP contribution is -2.35. The Morgan fingerprint density at radius 1 is 1.40 bits per heavy atom. The van der Waals surface area contributed by atoms with Crippen LogP contribution in [0.25, 0.3) is 0 Å². The molecule has 0 heterocycles. The van der Waals surface area contributed by atoms with E-state index in [0.717, 1.165) is 12.3 Å². The van der Waals surface area contributed by atoms with E-state index in [1.165, 1.54) is 32.1 Å². The van der Waals surface area contributed by atoms with Crippen LogP contribution in [0.2, 0.25) is 0 Å². The third-order valence-electron chi connectivity index (χ3n) is 3.19. The molecule has 0 aromatic rings. The summed E-state index contributed by atoms with van der Waals surface area (Å²) < 4.78 is 0. The number of amides is 1. The van der Waals surface area contributed by atoms with Crippen LogP contribution < -0.4 is 5.32 Å². The number of aliphatic hydroxyl groups is 1. The zero-order valence-corrected chi connectivity index (χ0v) is 9.67. The first-order chi connectivity index (χ1) is 7.22. The molecular weight excluding hydrogens is 190 g/mol. The van der Waals surface area contributed by atoms with Crippen LogP contribution in [0.4, 0.5) is 0 Å². The van der Waals surface area contributed by atoms with Gasteiger partial charge in [-0.3, -0.25) is 4.79 Å². The van der Waals surface area contributed by atoms with Crippen LogP contribution in [0.5, 0.6) is 0 Å². The highest BCUT2D eigenvalue weighted by molar-refractivity contribution is 5.76. The Kier molecular flexibility index (Phi) is 5.69. The van der Waals surface area contributed by atoms with E-state index in [4.69, 9.17) is 5.11 Å². The van der Waals surface area contributed by atoms with Crippen LogP contribution in [0.15, 0.2) is 0 Å². The summed E-state index contributed by atoms with van der Waals surface area (Å²) >= 11 is 0. The topological polar surface area (TPSA) is 49.3 Å². The molecule has 15 heavy (non-hydrogen) atoms. The molecule has 0 bridgehead atoms. The minimum Gasteiger partial charge on any atom is -0.394 e. The second-order valence-electron chi connectivity index (χ2n) is 4.69. The molecule has 0 aromatic carbocycles. The minimum absolute atomic E-state index is 0.0230. The highest BCUT2D eigenvalue weighted by Crippen LogP contribution is 2.27. The number of rotatable bonds is 5. The molecule has 3 heteroatoms. The second kappa shape index (κ2) is 6.83. The van der Waals surface area contributed by atoms with E-state index in [1.54, 1.807) is 0 Å². The van der Waals surface area contributed by atoms with E-state index in [-0.39, 0.29) is 18.6 Å². The summed E-state index contributed by atoms with van der Waals surface area (Å²) in [5, 5.41) is 11.6. The monoisotopic (exact) mass is 213 g/mol. The lowest BCUT2D eigenvalue weighted by atomic mass is 9.86. The summed E-state index contributed by atoms with van der Waals surface area (Å²) in [4.78, 5) is 11.4. The summed E-state index contributed by atoms with van der Waals surface area (Å²) in [6.07, 6.45) is 8.26. The summed E-state index contributed by atoms with van der Waals surface area (Å²) in [6.45, 7) is 1.84. The van der Waals surface area contributed by atoms with Crippen molar-refractivity contribution in [1.82, 2.24) is 5.32 Å². The predicted molar refractivity (Wildman–Crippen MR) is 60.5 cm³/mol. The van der Waals surface area contributed by atoms with Crippen LogP contribution in [0.1, 0.15) is 51.9 Å². The molecule has 1 aliphatic carbocycles. The van der Waals surface area contributed by atoms with E-state index in [1.807, 2.05) is 6.92 Å². The summed E-state index contributed by atoms with van der Waals surface area (Å²) in [6, 6.07) is -0.108. The van der Waals surface area contributed by atoms with Crippen molar-refractivity contribution in [3.05, 3.63) is 0 Å². The Morgan fingerprint density at radius 2 is 2.07 bits per heavy atom. The zero-order chi connectivity index (χ0) is 11.1. The smallest absolute Gasteiger partial charge is 0.220 e. The van der Waals surface area contributed by atoms with Crippen molar-refractivity contribution in [3.8, 4) is 0 Å². The van der Waals surface area contributed by atoms with Gasteiger partial charge in [-0.05, 0) is 19.3 Å². The maximum atomic E-state index is 11.4. The predicted octanol–water partition coefficient (Wildman–Crippen LogP) is 1.84. The van der Waals surface area contributed by atoms with E-state index in [2.05, 4.69) is 5.32 Å². The Bertz CT molecular complexity index is 188. The van der Waals surface area contributed by atoms with Crippen LogP contribution in [-0.2, 0) is 4.79 Å². The number of carbonyl (C=O) groups excluding carboxylic acids is 1. The first kappa shape index (κ1) is 12.5. The van der Waals surface area contributed by atoms with Gasteiger partial charge in [0, 0.05) is 12.5 Å². The van der Waals surface area contributed by atoms with Crippen LogP contribution in [0, 0.1) is 5.92 Å². The molecule has 0 saturated heterocycles. The van der Waals surface area contributed by atoms with Gasteiger partial charge in [-0.15, -0.1) is 0 Å². The Morgan fingerprint density at radius 3 is 2.67 bits per heavy atom. The molecular formula is C12H23NO2. The molecule has 0 spiro atoms. The summed E-state index contributed by atoms with van der Waals surface area (Å²) in [5.41, 5.74) is 0. The average Bonchev–Trinajstić information content (AvgIpc) is 2.27. The summed E-state index contributed by atoms with van der Waals surface area (Å²) in [5.74, 6) is 0.844. The van der Waals surface area contributed by atoms with Gasteiger partial charge in [0.05, 0.1) is 6.61 Å². The van der Waals surface area contributed by atoms with Crippen molar-refractivity contribution >= 4 is 5.91 Å². The third-order valence-corrected chi connectivity index (χ3v) is 3.19. The fourth-order valence-electron chi connectivity index (χ4n) is 2.20. The van der Waals surface area contributed by atoms with Crippen molar-refractivity contribution in [1.29, 1.82) is 0 Å². The zero-order valence-electron chi connectivity index (χ0n) is 9.67. The number of hydrogen-bond acceptors (Lipinski definition) is 2. The Labute approximate surface area is 92.3 Å².